The fourth-order valence-corrected chi connectivity index (χ4v) is 0.995. The van der Waals surface area contributed by atoms with Gasteiger partial charge in [0.25, 0.3) is 0 Å². The molecular weight excluding hydrogens is 146 g/mol. The van der Waals surface area contributed by atoms with Gasteiger partial charge in [-0.25, -0.2) is 4.79 Å². The Morgan fingerprint density at radius 1 is 1.64 bits per heavy atom. The molecule has 0 unspecified atom stereocenters. The third kappa shape index (κ3) is 1.20. The topological polar surface area (TPSA) is 46.6 Å². The summed E-state index contributed by atoms with van der Waals surface area (Å²) >= 11 is 0. The Bertz CT molecular complexity index is 188. The summed E-state index contributed by atoms with van der Waals surface area (Å²) in [6, 6.07) is 0. The molecule has 1 amide bonds. The van der Waals surface area contributed by atoms with Gasteiger partial charge in [0.1, 0.15) is 12.1 Å². The predicted molar refractivity (Wildman–Crippen MR) is 37.8 cm³/mol. The van der Waals surface area contributed by atoms with Gasteiger partial charge in [-0.05, 0) is 13.8 Å². The summed E-state index contributed by atoms with van der Waals surface area (Å²) < 4.78 is 4.79. The van der Waals surface area contributed by atoms with Gasteiger partial charge >= 0.3 is 5.97 Å². The molecule has 1 aliphatic heterocycles. The zero-order valence-electron chi connectivity index (χ0n) is 6.66. The first kappa shape index (κ1) is 8.04. The van der Waals surface area contributed by atoms with Gasteiger partial charge in [0.2, 0.25) is 6.41 Å². The van der Waals surface area contributed by atoms with E-state index < -0.39 is 5.54 Å². The van der Waals surface area contributed by atoms with Crippen LogP contribution in [-0.4, -0.2) is 36.0 Å². The monoisotopic (exact) mass is 157 g/mol. The largest absolute Gasteiger partial charge is 0.462 e. The van der Waals surface area contributed by atoms with E-state index in [9.17, 15) is 9.59 Å². The van der Waals surface area contributed by atoms with Crippen LogP contribution in [0.4, 0.5) is 0 Å². The van der Waals surface area contributed by atoms with Crippen molar-refractivity contribution < 1.29 is 14.3 Å². The van der Waals surface area contributed by atoms with E-state index in [1.165, 1.54) is 4.90 Å². The Kier molecular flexibility index (Phi) is 1.85. The van der Waals surface area contributed by atoms with Crippen molar-refractivity contribution in [3.05, 3.63) is 0 Å². The minimum atomic E-state index is -0.792. The molecule has 1 saturated heterocycles. The number of rotatable bonds is 1. The molecule has 0 bridgehead atoms. The lowest BCUT2D eigenvalue weighted by atomic mass is 10.0. The third-order valence-electron chi connectivity index (χ3n) is 1.91. The molecule has 0 atom stereocenters. The number of amides is 1. The van der Waals surface area contributed by atoms with Crippen LogP contribution in [0.15, 0.2) is 0 Å². The molecule has 1 rings (SSSR count). The van der Waals surface area contributed by atoms with Crippen molar-refractivity contribution in [3.63, 3.8) is 0 Å². The molecule has 4 nitrogen and oxygen atoms in total. The van der Waals surface area contributed by atoms with Crippen LogP contribution in [0.1, 0.15) is 13.8 Å². The van der Waals surface area contributed by atoms with E-state index in [4.69, 9.17) is 4.74 Å². The van der Waals surface area contributed by atoms with Crippen LogP contribution in [0.2, 0.25) is 0 Å². The minimum Gasteiger partial charge on any atom is -0.462 e. The van der Waals surface area contributed by atoms with Crippen molar-refractivity contribution in [2.24, 2.45) is 0 Å². The molecule has 1 heterocycles. The number of nitrogens with zero attached hydrogens (tertiary/aromatic N) is 1. The van der Waals surface area contributed by atoms with Gasteiger partial charge in [-0.2, -0.15) is 0 Å². The first-order chi connectivity index (χ1) is 5.09. The molecule has 11 heavy (non-hydrogen) atoms. The van der Waals surface area contributed by atoms with Crippen LogP contribution in [-0.2, 0) is 14.3 Å². The first-order valence-corrected chi connectivity index (χ1v) is 3.48. The molecule has 0 aliphatic carbocycles. The summed E-state index contributed by atoms with van der Waals surface area (Å²) in [5, 5.41) is 0. The van der Waals surface area contributed by atoms with E-state index in [2.05, 4.69) is 0 Å². The lowest BCUT2D eigenvalue weighted by Crippen LogP contribution is -2.55. The third-order valence-corrected chi connectivity index (χ3v) is 1.91. The van der Waals surface area contributed by atoms with Crippen LogP contribution in [0, 0.1) is 0 Å². The highest BCUT2D eigenvalue weighted by molar-refractivity contribution is 5.83. The van der Waals surface area contributed by atoms with E-state index >= 15 is 0 Å². The van der Waals surface area contributed by atoms with Gasteiger partial charge in [0.05, 0.1) is 6.54 Å². The number of carbonyl (C=O) groups is 2. The van der Waals surface area contributed by atoms with Crippen molar-refractivity contribution in [1.29, 1.82) is 0 Å². The van der Waals surface area contributed by atoms with Crippen LogP contribution < -0.4 is 0 Å². The normalized spacial score (nSPS) is 22.7. The summed E-state index contributed by atoms with van der Waals surface area (Å²) in [6.45, 7) is 4.13. The maximum atomic E-state index is 11.1. The van der Waals surface area contributed by atoms with Crippen LogP contribution >= 0.6 is 0 Å². The van der Waals surface area contributed by atoms with Crippen molar-refractivity contribution in [1.82, 2.24) is 4.90 Å². The second kappa shape index (κ2) is 2.53. The second-order valence-corrected chi connectivity index (χ2v) is 2.99. The Balaban J connectivity index is 2.80. The Morgan fingerprint density at radius 2 is 2.27 bits per heavy atom. The van der Waals surface area contributed by atoms with Crippen molar-refractivity contribution in [2.45, 2.75) is 19.4 Å². The van der Waals surface area contributed by atoms with E-state index in [0.717, 1.165) is 0 Å². The first-order valence-electron chi connectivity index (χ1n) is 3.48. The molecule has 4 heteroatoms. The number of carbonyl (C=O) groups excluding carboxylic acids is 2. The molecule has 0 aromatic heterocycles. The molecule has 1 aliphatic rings. The number of cyclic esters (lactones) is 1. The number of hydrogen-bond donors (Lipinski definition) is 0. The highest BCUT2D eigenvalue weighted by atomic mass is 16.5. The van der Waals surface area contributed by atoms with Gasteiger partial charge < -0.3 is 9.64 Å². The molecule has 0 aromatic carbocycles. The van der Waals surface area contributed by atoms with Gasteiger partial charge in [-0.15, -0.1) is 0 Å². The van der Waals surface area contributed by atoms with Gasteiger partial charge in [0, 0.05) is 0 Å². The average molecular weight is 157 g/mol. The number of morpholine rings is 1. The highest BCUT2D eigenvalue weighted by Crippen LogP contribution is 2.17. The average Bonchev–Trinajstić information content (AvgIpc) is 1.95. The number of ether oxygens (including phenoxy) is 1. The van der Waals surface area contributed by atoms with Crippen LogP contribution in [0.3, 0.4) is 0 Å². The molecule has 0 aromatic rings. The quantitative estimate of drug-likeness (QED) is 0.390. The zero-order valence-corrected chi connectivity index (χ0v) is 6.66. The maximum absolute atomic E-state index is 11.1. The van der Waals surface area contributed by atoms with E-state index in [1.807, 2.05) is 0 Å². The van der Waals surface area contributed by atoms with Crippen molar-refractivity contribution in [2.75, 3.05) is 13.2 Å². The Morgan fingerprint density at radius 3 is 2.73 bits per heavy atom. The fourth-order valence-electron chi connectivity index (χ4n) is 0.995. The Hall–Kier alpha value is -1.06. The summed E-state index contributed by atoms with van der Waals surface area (Å²) in [5.74, 6) is -0.337. The summed E-state index contributed by atoms with van der Waals surface area (Å²) in [4.78, 5) is 22.9. The van der Waals surface area contributed by atoms with Gasteiger partial charge in [0.15, 0.2) is 0 Å². The summed E-state index contributed by atoms with van der Waals surface area (Å²) in [5.41, 5.74) is -0.792. The summed E-state index contributed by atoms with van der Waals surface area (Å²) in [7, 11) is 0. The molecule has 0 radical (unpaired) electrons. The van der Waals surface area contributed by atoms with Crippen LogP contribution in [0.25, 0.3) is 0 Å². The fraction of sp³-hybridized carbons (Fsp3) is 0.714. The second-order valence-electron chi connectivity index (χ2n) is 2.99. The molecule has 0 N–H and O–H groups in total. The molecule has 0 saturated carbocycles. The lowest BCUT2D eigenvalue weighted by Gasteiger charge is -2.37. The standard InChI is InChI=1S/C7H11NO3/c1-7(2)6(10)11-4-3-8(7)5-9/h5H,3-4H2,1-2H3. The lowest BCUT2D eigenvalue weighted by molar-refractivity contribution is -0.167. The van der Waals surface area contributed by atoms with E-state index in [-0.39, 0.29) is 5.97 Å². The van der Waals surface area contributed by atoms with Crippen LogP contribution in [0.5, 0.6) is 0 Å². The maximum Gasteiger partial charge on any atom is 0.331 e. The zero-order chi connectivity index (χ0) is 8.48. The number of esters is 1. The SMILES string of the molecule is CC1(C)C(=O)OCCN1C=O. The minimum absolute atomic E-state index is 0.307. The molecule has 1 fully saturated rings. The molecule has 62 valence electrons. The van der Waals surface area contributed by atoms with E-state index in [0.29, 0.717) is 19.6 Å². The predicted octanol–water partition coefficient (Wildman–Crippen LogP) is -0.220. The van der Waals surface area contributed by atoms with Gasteiger partial charge in [-0.1, -0.05) is 0 Å². The van der Waals surface area contributed by atoms with Crippen molar-refractivity contribution >= 4 is 12.4 Å². The number of hydrogen-bond acceptors (Lipinski definition) is 3. The molecular formula is C7H11NO3. The van der Waals surface area contributed by atoms with Crippen molar-refractivity contribution in [3.8, 4) is 0 Å². The van der Waals surface area contributed by atoms with E-state index in [1.54, 1.807) is 13.8 Å². The van der Waals surface area contributed by atoms with Gasteiger partial charge in [-0.3, -0.25) is 4.79 Å². The smallest absolute Gasteiger partial charge is 0.331 e. The highest BCUT2D eigenvalue weighted by Gasteiger charge is 2.38. The summed E-state index contributed by atoms with van der Waals surface area (Å²) in [6.07, 6.45) is 0.681. The Labute approximate surface area is 65.1 Å². The molecule has 0 spiro atoms.